The van der Waals surface area contributed by atoms with Crippen molar-refractivity contribution in [3.05, 3.63) is 211 Å². The van der Waals surface area contributed by atoms with E-state index in [2.05, 4.69) is 166 Å². The molecule has 0 saturated carbocycles. The van der Waals surface area contributed by atoms with E-state index in [0.717, 1.165) is 56.4 Å². The molecule has 9 aromatic rings. The van der Waals surface area contributed by atoms with E-state index in [4.69, 9.17) is 0 Å². The van der Waals surface area contributed by atoms with E-state index in [9.17, 15) is 10.5 Å². The van der Waals surface area contributed by atoms with E-state index in [1.165, 1.54) is 16.3 Å². The summed E-state index contributed by atoms with van der Waals surface area (Å²) in [7, 11) is 0. The Kier molecular flexibility index (Phi) is 8.57. The summed E-state index contributed by atoms with van der Waals surface area (Å²) in [4.78, 5) is 4.42. The molecule has 0 bridgehead atoms. The minimum Gasteiger partial charge on any atom is -0.311 e. The van der Waals surface area contributed by atoms with Gasteiger partial charge in [0.15, 0.2) is 0 Å². The molecule has 0 N–H and O–H groups in total. The number of nitriles is 2. The van der Waals surface area contributed by atoms with Crippen molar-refractivity contribution >= 4 is 55.9 Å². The Balaban J connectivity index is 1.12. The Morgan fingerprint density at radius 3 is 1.29 bits per heavy atom. The lowest BCUT2D eigenvalue weighted by atomic mass is 9.99. The molecule has 1 aromatic heterocycles. The molecule has 8 aromatic carbocycles. The van der Waals surface area contributed by atoms with Gasteiger partial charge in [0.25, 0.3) is 0 Å². The van der Waals surface area contributed by atoms with Gasteiger partial charge in [-0.3, -0.25) is 0 Å². The van der Waals surface area contributed by atoms with Gasteiger partial charge < -0.3 is 14.4 Å². The highest BCUT2D eigenvalue weighted by Gasteiger charge is 2.19. The summed E-state index contributed by atoms with van der Waals surface area (Å²) in [6, 6.07) is 73.1. The van der Waals surface area contributed by atoms with Gasteiger partial charge >= 0.3 is 0 Å². The van der Waals surface area contributed by atoms with Crippen molar-refractivity contribution in [1.29, 1.82) is 10.5 Å². The second kappa shape index (κ2) is 14.3. The lowest BCUT2D eigenvalue weighted by molar-refractivity contribution is 1.17. The molecule has 0 amide bonds. The molecule has 0 radical (unpaired) electrons. The van der Waals surface area contributed by atoms with Gasteiger partial charge in [-0.2, -0.15) is 10.5 Å². The number of fused-ring (bicyclic) bond motifs is 3. The van der Waals surface area contributed by atoms with Crippen LogP contribution in [-0.4, -0.2) is 4.57 Å². The lowest BCUT2D eigenvalue weighted by Crippen LogP contribution is -2.10. The van der Waals surface area contributed by atoms with Gasteiger partial charge in [0.2, 0.25) is 0 Å². The van der Waals surface area contributed by atoms with Crippen LogP contribution >= 0.6 is 0 Å². The Bertz CT molecular complexity index is 2750. The van der Waals surface area contributed by atoms with Crippen molar-refractivity contribution in [2.24, 2.45) is 0 Å². The van der Waals surface area contributed by atoms with Crippen molar-refractivity contribution in [3.63, 3.8) is 0 Å². The van der Waals surface area contributed by atoms with Gasteiger partial charge in [-0.1, -0.05) is 78.9 Å². The van der Waals surface area contributed by atoms with Crippen molar-refractivity contribution in [2.45, 2.75) is 0 Å². The number of anilines is 6. The van der Waals surface area contributed by atoms with E-state index in [1.807, 2.05) is 60.7 Å². The summed E-state index contributed by atoms with van der Waals surface area (Å²) < 4.78 is 2.34. The number of aromatic nitrogens is 1. The van der Waals surface area contributed by atoms with E-state index < -0.39 is 0 Å². The third-order valence-corrected chi connectivity index (χ3v) is 10.0. The standard InChI is InChI=1S/C50H33N5/c51-34-36-18-24-41(25-19-36)54(42-26-20-37(35-52)21-27-42)44-30-32-45(33-31-44)55-48-16-8-7-14-47(48)50-46(15-9-17-49(50)55)38-22-28-43(29-23-38)53(39-10-3-1-4-11-39)40-12-5-2-6-13-40/h1-33H. The first-order valence-electron chi connectivity index (χ1n) is 18.1. The molecule has 258 valence electrons. The molecular formula is C50H33N5. The Hall–Kier alpha value is -7.86. The summed E-state index contributed by atoms with van der Waals surface area (Å²) in [6.07, 6.45) is 0. The van der Waals surface area contributed by atoms with Gasteiger partial charge in [0.05, 0.1) is 34.3 Å². The monoisotopic (exact) mass is 703 g/mol. The van der Waals surface area contributed by atoms with Gasteiger partial charge in [0, 0.05) is 50.6 Å². The van der Waals surface area contributed by atoms with Crippen LogP contribution in [0, 0.1) is 22.7 Å². The van der Waals surface area contributed by atoms with Crippen molar-refractivity contribution in [3.8, 4) is 29.0 Å². The van der Waals surface area contributed by atoms with Crippen molar-refractivity contribution in [2.75, 3.05) is 9.80 Å². The Morgan fingerprint density at radius 2 is 0.782 bits per heavy atom. The van der Waals surface area contributed by atoms with Gasteiger partial charge in [-0.05, 0) is 132 Å². The first-order valence-corrected chi connectivity index (χ1v) is 18.1. The van der Waals surface area contributed by atoms with Crippen LogP contribution in [-0.2, 0) is 0 Å². The zero-order valence-electron chi connectivity index (χ0n) is 29.8. The first-order chi connectivity index (χ1) is 27.2. The highest BCUT2D eigenvalue weighted by Crippen LogP contribution is 2.41. The molecule has 5 heteroatoms. The van der Waals surface area contributed by atoms with Crippen LogP contribution < -0.4 is 9.80 Å². The quantitative estimate of drug-likeness (QED) is 0.158. The molecule has 0 fully saturated rings. The largest absolute Gasteiger partial charge is 0.311 e. The smallest absolute Gasteiger partial charge is 0.0991 e. The van der Waals surface area contributed by atoms with Crippen LogP contribution in [0.1, 0.15) is 11.1 Å². The van der Waals surface area contributed by atoms with Gasteiger partial charge in [0.1, 0.15) is 0 Å². The Labute approximate surface area is 320 Å². The van der Waals surface area contributed by atoms with Crippen LogP contribution in [0.15, 0.2) is 200 Å². The number of rotatable bonds is 8. The van der Waals surface area contributed by atoms with E-state index in [1.54, 1.807) is 0 Å². The fraction of sp³-hybridized carbons (Fsp3) is 0. The van der Waals surface area contributed by atoms with E-state index in [0.29, 0.717) is 11.1 Å². The number of hydrogen-bond donors (Lipinski definition) is 0. The first kappa shape index (κ1) is 33.0. The minimum atomic E-state index is 0.599. The molecule has 0 unspecified atom stereocenters. The second-order valence-electron chi connectivity index (χ2n) is 13.3. The predicted molar refractivity (Wildman–Crippen MR) is 225 cm³/mol. The van der Waals surface area contributed by atoms with Gasteiger partial charge in [-0.25, -0.2) is 0 Å². The topological polar surface area (TPSA) is 59.0 Å². The number of benzene rings is 8. The maximum atomic E-state index is 9.42. The van der Waals surface area contributed by atoms with Crippen LogP contribution in [0.4, 0.5) is 34.1 Å². The highest BCUT2D eigenvalue weighted by molar-refractivity contribution is 6.15. The fourth-order valence-electron chi connectivity index (χ4n) is 7.50. The molecule has 0 saturated heterocycles. The van der Waals surface area contributed by atoms with E-state index >= 15 is 0 Å². The van der Waals surface area contributed by atoms with E-state index in [-0.39, 0.29) is 0 Å². The second-order valence-corrected chi connectivity index (χ2v) is 13.3. The maximum absolute atomic E-state index is 9.42. The SMILES string of the molecule is N#Cc1ccc(N(c2ccc(C#N)cc2)c2ccc(-n3c4ccccc4c4c(-c5ccc(N(c6ccccc6)c6ccccc6)cc5)cccc43)cc2)cc1. The average molecular weight is 704 g/mol. The average Bonchev–Trinajstić information content (AvgIpc) is 3.60. The normalized spacial score (nSPS) is 10.9. The van der Waals surface area contributed by atoms with Crippen molar-refractivity contribution in [1.82, 2.24) is 4.57 Å². The molecule has 0 aliphatic rings. The summed E-state index contributed by atoms with van der Waals surface area (Å²) in [5.41, 5.74) is 12.9. The van der Waals surface area contributed by atoms with Crippen LogP contribution in [0.5, 0.6) is 0 Å². The summed E-state index contributed by atoms with van der Waals surface area (Å²) >= 11 is 0. The molecule has 0 atom stereocenters. The summed E-state index contributed by atoms with van der Waals surface area (Å²) in [5.74, 6) is 0. The Morgan fingerprint density at radius 1 is 0.364 bits per heavy atom. The third kappa shape index (κ3) is 6.13. The fourth-order valence-corrected chi connectivity index (χ4v) is 7.50. The zero-order valence-corrected chi connectivity index (χ0v) is 29.8. The summed E-state index contributed by atoms with van der Waals surface area (Å²) in [5, 5.41) is 21.2. The number of nitrogens with zero attached hydrogens (tertiary/aromatic N) is 5. The minimum absolute atomic E-state index is 0.599. The molecule has 5 nitrogen and oxygen atoms in total. The molecule has 55 heavy (non-hydrogen) atoms. The molecular weight excluding hydrogens is 671 g/mol. The number of para-hydroxylation sites is 3. The maximum Gasteiger partial charge on any atom is 0.0991 e. The van der Waals surface area contributed by atoms with Crippen molar-refractivity contribution < 1.29 is 0 Å². The molecule has 0 aliphatic heterocycles. The van der Waals surface area contributed by atoms with Crippen LogP contribution in [0.3, 0.4) is 0 Å². The number of hydrogen-bond acceptors (Lipinski definition) is 4. The summed E-state index contributed by atoms with van der Waals surface area (Å²) in [6.45, 7) is 0. The van der Waals surface area contributed by atoms with Gasteiger partial charge in [-0.15, -0.1) is 0 Å². The molecule has 0 aliphatic carbocycles. The third-order valence-electron chi connectivity index (χ3n) is 10.0. The molecule has 1 heterocycles. The lowest BCUT2D eigenvalue weighted by Gasteiger charge is -2.26. The van der Waals surface area contributed by atoms with Crippen LogP contribution in [0.25, 0.3) is 38.6 Å². The van der Waals surface area contributed by atoms with Crippen LogP contribution in [0.2, 0.25) is 0 Å². The predicted octanol–water partition coefficient (Wildman–Crippen LogP) is 13.1. The highest BCUT2D eigenvalue weighted by atomic mass is 15.1. The molecule has 9 rings (SSSR count). The zero-order chi connectivity index (χ0) is 37.1. The molecule has 0 spiro atoms.